The van der Waals surface area contributed by atoms with Crippen molar-refractivity contribution in [2.24, 2.45) is 0 Å². The molecule has 0 fully saturated rings. The monoisotopic (exact) mass is 220 g/mol. The molecule has 0 aliphatic rings. The van der Waals surface area contributed by atoms with Crippen molar-refractivity contribution in [3.63, 3.8) is 0 Å². The summed E-state index contributed by atoms with van der Waals surface area (Å²) in [5.74, 6) is -1.73. The first kappa shape index (κ1) is 10.8. The van der Waals surface area contributed by atoms with Crippen LogP contribution in [0, 0.1) is 0 Å². The molecule has 5 heteroatoms. The zero-order valence-electron chi connectivity index (χ0n) is 6.73. The Morgan fingerprint density at radius 3 is 2.00 bits per heavy atom. The first-order valence-electron chi connectivity index (χ1n) is 3.54. The fraction of sp³-hybridized carbons (Fsp3) is 0. The predicted molar refractivity (Wildman–Crippen MR) is 46.9 cm³/mol. The van der Waals surface area contributed by atoms with Crippen LogP contribution in [-0.2, 0) is 0 Å². The van der Waals surface area contributed by atoms with Gasteiger partial charge in [-0.2, -0.15) is 8.78 Å². The zero-order valence-corrected chi connectivity index (χ0v) is 7.49. The molecule has 0 heterocycles. The van der Waals surface area contributed by atoms with E-state index in [-0.39, 0.29) is 5.56 Å². The molecular formula is C9H4ClF3O. The summed E-state index contributed by atoms with van der Waals surface area (Å²) in [7, 11) is 0. The van der Waals surface area contributed by atoms with E-state index in [0.717, 1.165) is 6.07 Å². The summed E-state index contributed by atoms with van der Waals surface area (Å²) >= 11 is 5.08. The Kier molecular flexibility index (Phi) is 3.30. The Morgan fingerprint density at radius 1 is 1.07 bits per heavy atom. The van der Waals surface area contributed by atoms with Crippen LogP contribution in [0.15, 0.2) is 30.3 Å². The van der Waals surface area contributed by atoms with E-state index < -0.39 is 22.7 Å². The number of rotatable bonds is 2. The van der Waals surface area contributed by atoms with Crippen molar-refractivity contribution in [3.05, 3.63) is 41.5 Å². The smallest absolute Gasteiger partial charge is 0.276 e. The fourth-order valence-electron chi connectivity index (χ4n) is 0.948. The zero-order chi connectivity index (χ0) is 10.7. The van der Waals surface area contributed by atoms with Crippen molar-refractivity contribution in [2.45, 2.75) is 0 Å². The normalized spacial score (nSPS) is 9.71. The van der Waals surface area contributed by atoms with Gasteiger partial charge < -0.3 is 0 Å². The van der Waals surface area contributed by atoms with Crippen molar-refractivity contribution < 1.29 is 18.0 Å². The lowest BCUT2D eigenvalue weighted by molar-refractivity contribution is 0.108. The first-order valence-corrected chi connectivity index (χ1v) is 3.92. The highest BCUT2D eigenvalue weighted by Gasteiger charge is 2.15. The van der Waals surface area contributed by atoms with Crippen LogP contribution in [0.25, 0.3) is 5.83 Å². The van der Waals surface area contributed by atoms with Gasteiger partial charge in [-0.25, -0.2) is 4.39 Å². The van der Waals surface area contributed by atoms with E-state index in [2.05, 4.69) is 0 Å². The Morgan fingerprint density at radius 2 is 1.57 bits per heavy atom. The van der Waals surface area contributed by atoms with Gasteiger partial charge in [-0.05, 0) is 17.7 Å². The summed E-state index contributed by atoms with van der Waals surface area (Å²) in [6.07, 6.45) is -2.48. The van der Waals surface area contributed by atoms with Crippen LogP contribution in [0.5, 0.6) is 0 Å². The first-order chi connectivity index (χ1) is 6.54. The highest BCUT2D eigenvalue weighted by molar-refractivity contribution is 6.68. The largest absolute Gasteiger partial charge is 0.306 e. The van der Waals surface area contributed by atoms with Crippen LogP contribution in [0.2, 0.25) is 0 Å². The maximum Gasteiger partial charge on any atom is 0.306 e. The van der Waals surface area contributed by atoms with Crippen LogP contribution in [0.3, 0.4) is 0 Å². The molecule has 0 atom stereocenters. The molecule has 0 saturated heterocycles. The van der Waals surface area contributed by atoms with Crippen molar-refractivity contribution in [3.8, 4) is 0 Å². The van der Waals surface area contributed by atoms with E-state index in [1.807, 2.05) is 0 Å². The minimum Gasteiger partial charge on any atom is -0.276 e. The molecule has 1 rings (SSSR count). The average Bonchev–Trinajstić information content (AvgIpc) is 2.16. The summed E-state index contributed by atoms with van der Waals surface area (Å²) in [5, 5.41) is -0.975. The lowest BCUT2D eigenvalue weighted by Gasteiger charge is -2.01. The van der Waals surface area contributed by atoms with E-state index >= 15 is 0 Å². The molecule has 0 radical (unpaired) electrons. The number of carbonyl (C=O) groups is 1. The molecule has 0 bridgehead atoms. The SMILES string of the molecule is O=C(Cl)c1ccccc1C(F)=C(F)F. The Balaban J connectivity index is 3.35. The Bertz CT molecular complexity index is 397. The second-order valence-electron chi connectivity index (χ2n) is 2.39. The molecule has 74 valence electrons. The third-order valence-electron chi connectivity index (χ3n) is 1.54. The molecular weight excluding hydrogens is 217 g/mol. The second kappa shape index (κ2) is 4.28. The van der Waals surface area contributed by atoms with Crippen LogP contribution in [0.4, 0.5) is 13.2 Å². The lowest BCUT2D eigenvalue weighted by atomic mass is 10.1. The number of hydrogen-bond donors (Lipinski definition) is 0. The van der Waals surface area contributed by atoms with Gasteiger partial charge in [0.1, 0.15) is 0 Å². The summed E-state index contributed by atoms with van der Waals surface area (Å²) in [6.45, 7) is 0. The lowest BCUT2D eigenvalue weighted by Crippen LogP contribution is -1.95. The summed E-state index contributed by atoms with van der Waals surface area (Å²) < 4.78 is 36.6. The minimum atomic E-state index is -2.48. The summed E-state index contributed by atoms with van der Waals surface area (Å²) in [4.78, 5) is 10.7. The van der Waals surface area contributed by atoms with Crippen molar-refractivity contribution in [1.82, 2.24) is 0 Å². The molecule has 0 spiro atoms. The molecule has 0 aliphatic carbocycles. The molecule has 14 heavy (non-hydrogen) atoms. The molecule has 1 aromatic rings. The molecule has 0 N–H and O–H groups in total. The average molecular weight is 221 g/mol. The van der Waals surface area contributed by atoms with Crippen molar-refractivity contribution >= 4 is 22.7 Å². The topological polar surface area (TPSA) is 17.1 Å². The molecule has 0 aliphatic heterocycles. The van der Waals surface area contributed by atoms with Gasteiger partial charge in [0.2, 0.25) is 0 Å². The van der Waals surface area contributed by atoms with E-state index in [4.69, 9.17) is 11.6 Å². The highest BCUT2D eigenvalue weighted by Crippen LogP contribution is 2.26. The fourth-order valence-corrected chi connectivity index (χ4v) is 1.11. The Labute approximate surface area is 82.8 Å². The third kappa shape index (κ3) is 2.14. The standard InChI is InChI=1S/C9H4ClF3O/c10-8(14)6-4-2-1-3-5(6)7(11)9(12)13/h1-4H. The van der Waals surface area contributed by atoms with Gasteiger partial charge in [-0.15, -0.1) is 0 Å². The predicted octanol–water partition coefficient (Wildman–Crippen LogP) is 3.60. The number of carbonyl (C=O) groups excluding carboxylic acids is 1. The second-order valence-corrected chi connectivity index (χ2v) is 2.74. The Hall–Kier alpha value is -1.29. The quantitative estimate of drug-likeness (QED) is 0.696. The molecule has 0 saturated carbocycles. The van der Waals surface area contributed by atoms with E-state index in [1.54, 1.807) is 0 Å². The van der Waals surface area contributed by atoms with Crippen molar-refractivity contribution in [2.75, 3.05) is 0 Å². The number of hydrogen-bond acceptors (Lipinski definition) is 1. The van der Waals surface area contributed by atoms with Gasteiger partial charge in [-0.3, -0.25) is 4.79 Å². The molecule has 0 amide bonds. The van der Waals surface area contributed by atoms with E-state index in [9.17, 15) is 18.0 Å². The molecule has 1 aromatic carbocycles. The molecule has 0 aromatic heterocycles. The summed E-state index contributed by atoms with van der Waals surface area (Å²) in [6, 6.07) is 4.97. The van der Waals surface area contributed by atoms with Crippen LogP contribution in [0.1, 0.15) is 15.9 Å². The van der Waals surface area contributed by atoms with Gasteiger partial charge in [-0.1, -0.05) is 18.2 Å². The van der Waals surface area contributed by atoms with Crippen LogP contribution >= 0.6 is 11.6 Å². The van der Waals surface area contributed by atoms with Crippen LogP contribution < -0.4 is 0 Å². The van der Waals surface area contributed by atoms with E-state index in [1.165, 1.54) is 18.2 Å². The molecule has 0 unspecified atom stereocenters. The summed E-state index contributed by atoms with van der Waals surface area (Å²) in [5.41, 5.74) is -0.771. The van der Waals surface area contributed by atoms with Gasteiger partial charge in [0.25, 0.3) is 5.24 Å². The van der Waals surface area contributed by atoms with Gasteiger partial charge >= 0.3 is 6.08 Å². The van der Waals surface area contributed by atoms with E-state index in [0.29, 0.717) is 0 Å². The van der Waals surface area contributed by atoms with Gasteiger partial charge in [0.15, 0.2) is 5.83 Å². The molecule has 1 nitrogen and oxygen atoms in total. The minimum absolute atomic E-state index is 0.278. The number of halogens is 4. The maximum absolute atomic E-state index is 12.8. The van der Waals surface area contributed by atoms with Crippen LogP contribution in [-0.4, -0.2) is 5.24 Å². The van der Waals surface area contributed by atoms with Gasteiger partial charge in [0.05, 0.1) is 0 Å². The number of benzene rings is 1. The highest BCUT2D eigenvalue weighted by atomic mass is 35.5. The van der Waals surface area contributed by atoms with Crippen molar-refractivity contribution in [1.29, 1.82) is 0 Å². The third-order valence-corrected chi connectivity index (χ3v) is 1.74. The maximum atomic E-state index is 12.8. The van der Waals surface area contributed by atoms with Gasteiger partial charge in [0, 0.05) is 11.1 Å².